The lowest BCUT2D eigenvalue weighted by Gasteiger charge is -2.13. The fraction of sp³-hybridized carbons (Fsp3) is 0.100. The van der Waals surface area contributed by atoms with Crippen molar-refractivity contribution in [3.8, 4) is 6.07 Å². The third-order valence-electron chi connectivity index (χ3n) is 2.01. The van der Waals surface area contributed by atoms with Crippen LogP contribution < -0.4 is 5.73 Å². The highest BCUT2D eigenvalue weighted by molar-refractivity contribution is 6.02. The second kappa shape index (κ2) is 4.25. The Morgan fingerprint density at radius 3 is 2.35 bits per heavy atom. The van der Waals surface area contributed by atoms with Gasteiger partial charge in [0, 0.05) is 5.56 Å². The number of nitrogens with two attached hydrogens (primary N) is 1. The molecule has 0 bridgehead atoms. The zero-order valence-corrected chi connectivity index (χ0v) is 8.21. The zero-order valence-electron chi connectivity index (χ0n) is 8.21. The van der Waals surface area contributed by atoms with E-state index in [0.29, 0.717) is 0 Å². The number of alkyl halides is 3. The molecule has 0 aliphatic heterocycles. The maximum absolute atomic E-state index is 12.7. The minimum absolute atomic E-state index is 0.0798. The summed E-state index contributed by atoms with van der Waals surface area (Å²) < 4.78 is 38.1. The summed E-state index contributed by atoms with van der Waals surface area (Å²) in [5.74, 6) is -1.41. The molecule has 0 unspecified atom stereocenters. The van der Waals surface area contributed by atoms with Crippen molar-refractivity contribution in [3.05, 3.63) is 34.4 Å². The molecule has 1 aromatic rings. The van der Waals surface area contributed by atoms with Gasteiger partial charge in [0.25, 0.3) is 0 Å². The smallest absolute Gasteiger partial charge is 0.366 e. The molecule has 1 amide bonds. The summed E-state index contributed by atoms with van der Waals surface area (Å²) in [5.41, 5.74) is 1.10. The molecular formula is C10H5F3N2O2. The Hall–Kier alpha value is -2.36. The first kappa shape index (κ1) is 12.7. The molecule has 0 atom stereocenters. The minimum atomic E-state index is -4.94. The van der Waals surface area contributed by atoms with E-state index in [0.717, 1.165) is 12.1 Å². The van der Waals surface area contributed by atoms with E-state index >= 15 is 0 Å². The first-order valence-electron chi connectivity index (χ1n) is 4.22. The van der Waals surface area contributed by atoms with Gasteiger partial charge in [-0.3, -0.25) is 9.59 Å². The first-order valence-corrected chi connectivity index (χ1v) is 4.22. The first-order chi connectivity index (χ1) is 7.82. The van der Waals surface area contributed by atoms with E-state index in [1.54, 1.807) is 0 Å². The highest BCUT2D eigenvalue weighted by atomic mass is 19.4. The SMILES string of the molecule is N#Cc1ccc(C=O)c(C(N)=O)c1C(F)(F)F. The maximum Gasteiger partial charge on any atom is 0.418 e. The van der Waals surface area contributed by atoms with Crippen molar-refractivity contribution in [2.24, 2.45) is 5.73 Å². The van der Waals surface area contributed by atoms with Gasteiger partial charge in [-0.25, -0.2) is 0 Å². The van der Waals surface area contributed by atoms with Gasteiger partial charge in [0.2, 0.25) is 5.91 Å². The van der Waals surface area contributed by atoms with Gasteiger partial charge in [0.15, 0.2) is 6.29 Å². The average molecular weight is 242 g/mol. The van der Waals surface area contributed by atoms with E-state index in [2.05, 4.69) is 0 Å². The van der Waals surface area contributed by atoms with E-state index < -0.39 is 34.3 Å². The number of amides is 1. The van der Waals surface area contributed by atoms with E-state index in [-0.39, 0.29) is 6.29 Å². The molecule has 0 spiro atoms. The van der Waals surface area contributed by atoms with E-state index in [9.17, 15) is 22.8 Å². The van der Waals surface area contributed by atoms with Gasteiger partial charge in [-0.1, -0.05) is 0 Å². The Labute approximate surface area is 93.4 Å². The lowest BCUT2D eigenvalue weighted by Crippen LogP contribution is -2.22. The van der Waals surface area contributed by atoms with Crippen molar-refractivity contribution in [2.45, 2.75) is 6.18 Å². The number of nitriles is 1. The zero-order chi connectivity index (χ0) is 13.2. The summed E-state index contributed by atoms with van der Waals surface area (Å²) in [6.07, 6.45) is -4.86. The summed E-state index contributed by atoms with van der Waals surface area (Å²) in [4.78, 5) is 21.5. The van der Waals surface area contributed by atoms with Crippen LogP contribution in [0.1, 0.15) is 31.8 Å². The molecule has 0 radical (unpaired) electrons. The Balaban J connectivity index is 3.79. The van der Waals surface area contributed by atoms with Gasteiger partial charge >= 0.3 is 6.18 Å². The van der Waals surface area contributed by atoms with Crippen molar-refractivity contribution in [1.82, 2.24) is 0 Å². The standard InChI is InChI=1S/C10H5F3N2O2/c11-10(12,13)8-5(3-14)1-2-6(4-16)7(8)9(15)17/h1-2,4H,(H2,15,17). The van der Waals surface area contributed by atoms with E-state index in [1.165, 1.54) is 6.07 Å². The van der Waals surface area contributed by atoms with Crippen molar-refractivity contribution >= 4 is 12.2 Å². The van der Waals surface area contributed by atoms with Gasteiger partial charge in [0.1, 0.15) is 0 Å². The quantitative estimate of drug-likeness (QED) is 0.797. The number of benzene rings is 1. The minimum Gasteiger partial charge on any atom is -0.366 e. The van der Waals surface area contributed by atoms with Gasteiger partial charge in [0.05, 0.1) is 22.8 Å². The van der Waals surface area contributed by atoms with Crippen LogP contribution in [0.15, 0.2) is 12.1 Å². The molecule has 7 heteroatoms. The number of rotatable bonds is 2. The number of halogens is 3. The lowest BCUT2D eigenvalue weighted by molar-refractivity contribution is -0.138. The monoisotopic (exact) mass is 242 g/mol. The summed E-state index contributed by atoms with van der Waals surface area (Å²) in [6, 6.07) is 3.07. The predicted octanol–water partition coefficient (Wildman–Crippen LogP) is 1.49. The van der Waals surface area contributed by atoms with Crippen LogP contribution >= 0.6 is 0 Å². The van der Waals surface area contributed by atoms with Gasteiger partial charge < -0.3 is 5.73 Å². The third kappa shape index (κ3) is 2.25. The van der Waals surface area contributed by atoms with Crippen LogP contribution in [-0.4, -0.2) is 12.2 Å². The van der Waals surface area contributed by atoms with Crippen molar-refractivity contribution in [3.63, 3.8) is 0 Å². The molecule has 0 saturated heterocycles. The number of nitrogens with zero attached hydrogens (tertiary/aromatic N) is 1. The molecule has 1 rings (SSSR count). The normalized spacial score (nSPS) is 10.7. The van der Waals surface area contributed by atoms with Crippen LogP contribution in [0.5, 0.6) is 0 Å². The highest BCUT2D eigenvalue weighted by Crippen LogP contribution is 2.35. The average Bonchev–Trinajstić information content (AvgIpc) is 2.25. The second-order valence-electron chi connectivity index (χ2n) is 3.04. The van der Waals surface area contributed by atoms with Gasteiger partial charge in [-0.05, 0) is 12.1 Å². The number of carbonyl (C=O) groups excluding carboxylic acids is 2. The number of hydrogen-bond acceptors (Lipinski definition) is 3. The molecule has 17 heavy (non-hydrogen) atoms. The number of hydrogen-bond donors (Lipinski definition) is 1. The molecule has 4 nitrogen and oxygen atoms in total. The molecular weight excluding hydrogens is 237 g/mol. The fourth-order valence-corrected chi connectivity index (χ4v) is 1.37. The summed E-state index contributed by atoms with van der Waals surface area (Å²) in [7, 11) is 0. The highest BCUT2D eigenvalue weighted by Gasteiger charge is 2.39. The van der Waals surface area contributed by atoms with Gasteiger partial charge in [-0.2, -0.15) is 18.4 Å². The molecule has 88 valence electrons. The molecule has 0 heterocycles. The lowest BCUT2D eigenvalue weighted by atomic mass is 9.96. The molecule has 0 saturated carbocycles. The van der Waals surface area contributed by atoms with Crippen molar-refractivity contribution in [2.75, 3.05) is 0 Å². The molecule has 0 aliphatic rings. The molecule has 0 fully saturated rings. The maximum atomic E-state index is 12.7. The molecule has 1 aromatic carbocycles. The Morgan fingerprint density at radius 1 is 1.41 bits per heavy atom. The molecule has 0 aliphatic carbocycles. The Kier molecular flexibility index (Phi) is 3.18. The van der Waals surface area contributed by atoms with Crippen molar-refractivity contribution in [1.29, 1.82) is 5.26 Å². The summed E-state index contributed by atoms with van der Waals surface area (Å²) in [6.45, 7) is 0. The number of aldehydes is 1. The third-order valence-corrected chi connectivity index (χ3v) is 2.01. The van der Waals surface area contributed by atoms with Crippen LogP contribution in [0.2, 0.25) is 0 Å². The summed E-state index contributed by atoms with van der Waals surface area (Å²) >= 11 is 0. The second-order valence-corrected chi connectivity index (χ2v) is 3.04. The van der Waals surface area contributed by atoms with E-state index in [4.69, 9.17) is 11.0 Å². The van der Waals surface area contributed by atoms with Crippen LogP contribution in [0.25, 0.3) is 0 Å². The molecule has 0 aromatic heterocycles. The predicted molar refractivity (Wildman–Crippen MR) is 50.1 cm³/mol. The van der Waals surface area contributed by atoms with E-state index in [1.807, 2.05) is 0 Å². The number of primary amides is 1. The van der Waals surface area contributed by atoms with Crippen LogP contribution in [0.3, 0.4) is 0 Å². The fourth-order valence-electron chi connectivity index (χ4n) is 1.37. The topological polar surface area (TPSA) is 83.9 Å². The van der Waals surface area contributed by atoms with Crippen LogP contribution in [-0.2, 0) is 6.18 Å². The van der Waals surface area contributed by atoms with Crippen LogP contribution in [0, 0.1) is 11.3 Å². The molecule has 2 N–H and O–H groups in total. The van der Waals surface area contributed by atoms with Crippen LogP contribution in [0.4, 0.5) is 13.2 Å². The Morgan fingerprint density at radius 2 is 2.00 bits per heavy atom. The Bertz CT molecular complexity index is 530. The van der Waals surface area contributed by atoms with Gasteiger partial charge in [-0.15, -0.1) is 0 Å². The number of carbonyl (C=O) groups is 2. The van der Waals surface area contributed by atoms with Crippen molar-refractivity contribution < 1.29 is 22.8 Å². The summed E-state index contributed by atoms with van der Waals surface area (Å²) in [5, 5.41) is 8.56. The largest absolute Gasteiger partial charge is 0.418 e.